The Kier molecular flexibility index (Phi) is 6.93. The molecule has 1 aliphatic heterocycles. The summed E-state index contributed by atoms with van der Waals surface area (Å²) in [5.41, 5.74) is 1.17. The molecule has 1 aromatic carbocycles. The number of hydrogen-bond donors (Lipinski definition) is 1. The third kappa shape index (κ3) is 4.36. The highest BCUT2D eigenvalue weighted by molar-refractivity contribution is 7.17. The summed E-state index contributed by atoms with van der Waals surface area (Å²) < 4.78 is 9.81. The van der Waals surface area contributed by atoms with Crippen LogP contribution in [-0.4, -0.2) is 52.4 Å². The molecule has 3 heterocycles. The van der Waals surface area contributed by atoms with Gasteiger partial charge in [0.1, 0.15) is 10.6 Å². The molecule has 0 spiro atoms. The van der Waals surface area contributed by atoms with Crippen LogP contribution in [0.5, 0.6) is 0 Å². The van der Waals surface area contributed by atoms with Crippen LogP contribution >= 0.6 is 11.3 Å². The molecule has 0 bridgehead atoms. The SMILES string of the molecule is CCOC(=O)c1sc(N2C(=O)C(=O)C(=C(O)c3ccncc3)C2c2ccc(C(=O)OC)cc2)nc1C. The number of aromatic nitrogens is 2. The summed E-state index contributed by atoms with van der Waals surface area (Å²) >= 11 is 0.909. The van der Waals surface area contributed by atoms with E-state index in [0.717, 1.165) is 16.2 Å². The van der Waals surface area contributed by atoms with Crippen LogP contribution in [0.4, 0.5) is 5.13 Å². The predicted octanol–water partition coefficient (Wildman–Crippen LogP) is 3.44. The fourth-order valence-corrected chi connectivity index (χ4v) is 4.79. The molecule has 1 saturated heterocycles. The number of rotatable bonds is 6. The molecule has 0 radical (unpaired) electrons. The fourth-order valence-electron chi connectivity index (χ4n) is 3.80. The van der Waals surface area contributed by atoms with Crippen LogP contribution in [0.3, 0.4) is 0 Å². The van der Waals surface area contributed by atoms with E-state index in [9.17, 15) is 24.3 Å². The monoisotopic (exact) mass is 507 g/mol. The number of esters is 2. The van der Waals surface area contributed by atoms with Gasteiger partial charge in [-0.1, -0.05) is 23.5 Å². The number of nitrogens with zero attached hydrogens (tertiary/aromatic N) is 3. The molecule has 36 heavy (non-hydrogen) atoms. The molecule has 184 valence electrons. The second kappa shape index (κ2) is 10.1. The Labute approximate surface area is 209 Å². The van der Waals surface area contributed by atoms with Gasteiger partial charge in [-0.15, -0.1) is 0 Å². The zero-order valence-corrected chi connectivity index (χ0v) is 20.4. The van der Waals surface area contributed by atoms with Gasteiger partial charge >= 0.3 is 17.8 Å². The standard InChI is InChI=1S/C25H21N3O7S/c1-4-35-24(33)21-13(2)27-25(36-21)28-18(14-5-7-16(8-6-14)23(32)34-3)17(20(30)22(28)31)19(29)15-9-11-26-12-10-15/h5-12,18,29H,4H2,1-3H3. The molecule has 1 fully saturated rings. The van der Waals surface area contributed by atoms with E-state index in [-0.39, 0.29) is 33.5 Å². The number of benzene rings is 1. The van der Waals surface area contributed by atoms with Crippen LogP contribution in [0.2, 0.25) is 0 Å². The molecule has 1 unspecified atom stereocenters. The van der Waals surface area contributed by atoms with E-state index in [4.69, 9.17) is 9.47 Å². The van der Waals surface area contributed by atoms with Crippen molar-refractivity contribution in [3.8, 4) is 0 Å². The van der Waals surface area contributed by atoms with Crippen molar-refractivity contribution in [1.29, 1.82) is 0 Å². The number of aryl methyl sites for hydroxylation is 1. The number of aliphatic hydroxyl groups excluding tert-OH is 1. The Balaban J connectivity index is 1.90. The summed E-state index contributed by atoms with van der Waals surface area (Å²) in [4.78, 5) is 60.4. The molecular formula is C25H21N3O7S. The lowest BCUT2D eigenvalue weighted by molar-refractivity contribution is -0.132. The second-order valence-corrected chi connectivity index (χ2v) is 8.63. The summed E-state index contributed by atoms with van der Waals surface area (Å²) in [6.45, 7) is 3.43. The zero-order chi connectivity index (χ0) is 26.0. The highest BCUT2D eigenvalue weighted by Gasteiger charge is 2.48. The number of carbonyl (C=O) groups excluding carboxylic acids is 4. The Morgan fingerprint density at radius 3 is 2.33 bits per heavy atom. The number of ether oxygens (including phenoxy) is 2. The van der Waals surface area contributed by atoms with Gasteiger partial charge in [0.05, 0.1) is 36.6 Å². The molecule has 0 aliphatic carbocycles. The van der Waals surface area contributed by atoms with Crippen LogP contribution in [0.1, 0.15) is 49.8 Å². The molecule has 1 atom stereocenters. The zero-order valence-electron chi connectivity index (χ0n) is 19.5. The van der Waals surface area contributed by atoms with Gasteiger partial charge in [0.15, 0.2) is 5.13 Å². The van der Waals surface area contributed by atoms with Gasteiger partial charge in [0.25, 0.3) is 5.78 Å². The summed E-state index contributed by atoms with van der Waals surface area (Å²) in [5, 5.41) is 11.2. The topological polar surface area (TPSA) is 136 Å². The van der Waals surface area contributed by atoms with Crippen molar-refractivity contribution in [3.63, 3.8) is 0 Å². The van der Waals surface area contributed by atoms with Gasteiger partial charge in [-0.25, -0.2) is 14.6 Å². The maximum atomic E-state index is 13.3. The number of methoxy groups -OCH3 is 1. The Bertz CT molecular complexity index is 1380. The van der Waals surface area contributed by atoms with Gasteiger partial charge in [-0.05, 0) is 43.7 Å². The van der Waals surface area contributed by atoms with E-state index in [1.165, 1.54) is 43.8 Å². The average molecular weight is 508 g/mol. The van der Waals surface area contributed by atoms with Crippen molar-refractivity contribution >= 4 is 45.9 Å². The van der Waals surface area contributed by atoms with Crippen molar-refractivity contribution in [3.05, 3.63) is 81.6 Å². The van der Waals surface area contributed by atoms with Gasteiger partial charge in [0.2, 0.25) is 0 Å². The molecule has 4 rings (SSSR count). The highest BCUT2D eigenvalue weighted by Crippen LogP contribution is 2.44. The van der Waals surface area contributed by atoms with E-state index < -0.39 is 29.7 Å². The largest absolute Gasteiger partial charge is 0.507 e. The quantitative estimate of drug-likeness (QED) is 0.230. The molecule has 0 saturated carbocycles. The lowest BCUT2D eigenvalue weighted by Gasteiger charge is -2.23. The summed E-state index contributed by atoms with van der Waals surface area (Å²) in [5.74, 6) is -3.37. The van der Waals surface area contributed by atoms with E-state index >= 15 is 0 Å². The molecular weight excluding hydrogens is 486 g/mol. The van der Waals surface area contributed by atoms with Crippen LogP contribution < -0.4 is 4.90 Å². The van der Waals surface area contributed by atoms with Crippen LogP contribution in [0, 0.1) is 6.92 Å². The minimum atomic E-state index is -1.08. The first-order chi connectivity index (χ1) is 17.3. The second-order valence-electron chi connectivity index (χ2n) is 7.65. The maximum absolute atomic E-state index is 13.3. The summed E-state index contributed by atoms with van der Waals surface area (Å²) in [7, 11) is 1.26. The van der Waals surface area contributed by atoms with Crippen molar-refractivity contribution in [2.75, 3.05) is 18.6 Å². The van der Waals surface area contributed by atoms with Gasteiger partial charge in [0, 0.05) is 18.0 Å². The van der Waals surface area contributed by atoms with Gasteiger partial charge in [-0.2, -0.15) is 0 Å². The smallest absolute Gasteiger partial charge is 0.350 e. The van der Waals surface area contributed by atoms with Crippen molar-refractivity contribution < 1.29 is 33.8 Å². The lowest BCUT2D eigenvalue weighted by atomic mass is 9.95. The molecule has 1 aliphatic rings. The molecule has 1 N–H and O–H groups in total. The van der Waals surface area contributed by atoms with E-state index in [0.29, 0.717) is 16.8 Å². The van der Waals surface area contributed by atoms with Gasteiger partial charge in [-0.3, -0.25) is 19.5 Å². The third-order valence-corrected chi connectivity index (χ3v) is 6.63. The Morgan fingerprint density at radius 1 is 1.06 bits per heavy atom. The number of pyridine rings is 1. The molecule has 2 aromatic heterocycles. The maximum Gasteiger partial charge on any atom is 0.350 e. The number of aliphatic hydroxyl groups is 1. The number of hydrogen-bond acceptors (Lipinski definition) is 10. The number of thiazole rings is 1. The predicted molar refractivity (Wildman–Crippen MR) is 130 cm³/mol. The average Bonchev–Trinajstić information content (AvgIpc) is 3.40. The van der Waals surface area contributed by atoms with Crippen LogP contribution in [0.15, 0.2) is 54.4 Å². The number of carbonyl (C=O) groups is 4. The molecule has 3 aromatic rings. The Hall–Kier alpha value is -4.38. The number of Topliss-reactive ketones (excluding diaryl/α,β-unsaturated/α-hetero) is 1. The first-order valence-electron chi connectivity index (χ1n) is 10.8. The highest BCUT2D eigenvalue weighted by atomic mass is 32.1. The van der Waals surface area contributed by atoms with Crippen LogP contribution in [0.25, 0.3) is 5.76 Å². The lowest BCUT2D eigenvalue weighted by Crippen LogP contribution is -2.29. The first-order valence-corrected chi connectivity index (χ1v) is 11.6. The minimum absolute atomic E-state index is 0.0912. The number of ketones is 1. The molecule has 10 nitrogen and oxygen atoms in total. The minimum Gasteiger partial charge on any atom is -0.507 e. The third-order valence-electron chi connectivity index (χ3n) is 5.50. The number of anilines is 1. The molecule has 11 heteroatoms. The van der Waals surface area contributed by atoms with Crippen LogP contribution in [-0.2, 0) is 19.1 Å². The number of amides is 1. The Morgan fingerprint density at radius 2 is 1.72 bits per heavy atom. The first kappa shape index (κ1) is 24.7. The van der Waals surface area contributed by atoms with E-state index in [1.54, 1.807) is 26.0 Å². The fraction of sp³-hybridized carbons (Fsp3) is 0.200. The van der Waals surface area contributed by atoms with Gasteiger partial charge < -0.3 is 14.6 Å². The van der Waals surface area contributed by atoms with E-state index in [1.807, 2.05) is 0 Å². The van der Waals surface area contributed by atoms with Crippen molar-refractivity contribution in [2.45, 2.75) is 19.9 Å². The summed E-state index contributed by atoms with van der Waals surface area (Å²) in [6, 6.07) is 8.03. The van der Waals surface area contributed by atoms with Crippen molar-refractivity contribution in [2.24, 2.45) is 0 Å². The van der Waals surface area contributed by atoms with Crippen molar-refractivity contribution in [1.82, 2.24) is 9.97 Å². The summed E-state index contributed by atoms with van der Waals surface area (Å²) in [6.07, 6.45) is 2.89. The molecule has 1 amide bonds. The normalized spacial score (nSPS) is 16.8. The van der Waals surface area contributed by atoms with E-state index in [2.05, 4.69) is 9.97 Å².